The molecule has 0 heterocycles. The molecule has 0 aromatic heterocycles. The number of hydrogen-bond acceptors (Lipinski definition) is 1. The highest BCUT2D eigenvalue weighted by atomic mass is 14.5. The first-order valence-corrected chi connectivity index (χ1v) is 5.13. The van der Waals surface area contributed by atoms with Crippen LogP contribution in [0.3, 0.4) is 0 Å². The van der Waals surface area contributed by atoms with Gasteiger partial charge in [0.15, 0.2) is 0 Å². The first kappa shape index (κ1) is 11.0. The van der Waals surface area contributed by atoms with E-state index in [0.717, 1.165) is 12.5 Å². The molecular weight excluding hydrogens is 134 g/mol. The zero-order valence-electron chi connectivity index (χ0n) is 8.10. The summed E-state index contributed by atoms with van der Waals surface area (Å²) < 4.78 is 0. The van der Waals surface area contributed by atoms with Gasteiger partial charge in [0.2, 0.25) is 0 Å². The molecule has 68 valence electrons. The Morgan fingerprint density at radius 3 is 1.82 bits per heavy atom. The minimum Gasteiger partial charge on any atom is -0.330 e. The molecule has 1 rings (SSSR count). The van der Waals surface area contributed by atoms with Crippen LogP contribution in [0.2, 0.25) is 0 Å². The van der Waals surface area contributed by atoms with Gasteiger partial charge in [-0.2, -0.15) is 0 Å². The quantitative estimate of drug-likeness (QED) is 0.582. The lowest BCUT2D eigenvalue weighted by Gasteiger charge is -2.08. The van der Waals surface area contributed by atoms with E-state index in [1.54, 1.807) is 0 Å². The second kappa shape index (κ2) is 8.06. The van der Waals surface area contributed by atoms with E-state index in [9.17, 15) is 0 Å². The van der Waals surface area contributed by atoms with E-state index in [2.05, 4.69) is 0 Å². The summed E-state index contributed by atoms with van der Waals surface area (Å²) in [5, 5.41) is 0. The second-order valence-corrected chi connectivity index (χ2v) is 3.09. The maximum Gasteiger partial charge on any atom is -0.00489 e. The van der Waals surface area contributed by atoms with Crippen molar-refractivity contribution in [1.29, 1.82) is 0 Å². The van der Waals surface area contributed by atoms with Crippen molar-refractivity contribution >= 4 is 0 Å². The third kappa shape index (κ3) is 5.25. The van der Waals surface area contributed by atoms with E-state index in [-0.39, 0.29) is 0 Å². The van der Waals surface area contributed by atoms with Gasteiger partial charge in [-0.1, -0.05) is 39.5 Å². The molecule has 11 heavy (non-hydrogen) atoms. The highest BCUT2D eigenvalue weighted by Crippen LogP contribution is 2.21. The Morgan fingerprint density at radius 1 is 1.00 bits per heavy atom. The van der Waals surface area contributed by atoms with Gasteiger partial charge < -0.3 is 5.73 Å². The van der Waals surface area contributed by atoms with E-state index in [1.165, 1.54) is 38.5 Å². The zero-order valence-corrected chi connectivity index (χ0v) is 8.10. The van der Waals surface area contributed by atoms with Crippen molar-refractivity contribution in [3.8, 4) is 0 Å². The Hall–Kier alpha value is -0.0400. The minimum absolute atomic E-state index is 0.854. The molecule has 1 fully saturated rings. The minimum atomic E-state index is 0.854. The molecule has 0 saturated heterocycles. The van der Waals surface area contributed by atoms with Gasteiger partial charge in [-0.05, 0) is 25.3 Å². The highest BCUT2D eigenvalue weighted by Gasteiger charge is 2.08. The second-order valence-electron chi connectivity index (χ2n) is 3.09. The van der Waals surface area contributed by atoms with Crippen LogP contribution in [0, 0.1) is 5.92 Å². The van der Waals surface area contributed by atoms with E-state index in [1.807, 2.05) is 13.8 Å². The summed E-state index contributed by atoms with van der Waals surface area (Å²) >= 11 is 0. The Kier molecular flexibility index (Phi) is 8.03. The van der Waals surface area contributed by atoms with Crippen LogP contribution >= 0.6 is 0 Å². The molecular formula is C10H23N. The van der Waals surface area contributed by atoms with Crippen LogP contribution in [0.25, 0.3) is 0 Å². The van der Waals surface area contributed by atoms with Crippen molar-refractivity contribution in [2.24, 2.45) is 11.7 Å². The molecule has 0 unspecified atom stereocenters. The Balaban J connectivity index is 0.000000461. The molecule has 2 N–H and O–H groups in total. The number of nitrogens with two attached hydrogens (primary N) is 1. The Bertz CT molecular complexity index is 63.3. The van der Waals surface area contributed by atoms with Gasteiger partial charge in [-0.3, -0.25) is 0 Å². The van der Waals surface area contributed by atoms with Gasteiger partial charge in [-0.15, -0.1) is 0 Å². The Morgan fingerprint density at radius 2 is 1.45 bits per heavy atom. The molecule has 0 atom stereocenters. The average molecular weight is 157 g/mol. The lowest BCUT2D eigenvalue weighted by Crippen LogP contribution is -2.12. The fourth-order valence-electron chi connectivity index (χ4n) is 1.60. The lowest BCUT2D eigenvalue weighted by molar-refractivity contribution is 0.471. The normalized spacial score (nSPS) is 19.9. The predicted molar refractivity (Wildman–Crippen MR) is 51.6 cm³/mol. The van der Waals surface area contributed by atoms with E-state index < -0.39 is 0 Å². The number of rotatable bonds is 1. The predicted octanol–water partition coefficient (Wildman–Crippen LogP) is 2.94. The van der Waals surface area contributed by atoms with Crippen LogP contribution in [-0.4, -0.2) is 6.54 Å². The molecule has 1 saturated carbocycles. The molecule has 1 heteroatoms. The fraction of sp³-hybridized carbons (Fsp3) is 1.00. The first-order chi connectivity index (χ1) is 5.43. The van der Waals surface area contributed by atoms with Crippen LogP contribution in [0.5, 0.6) is 0 Å². The Labute approximate surface area is 71.4 Å². The van der Waals surface area contributed by atoms with Crippen molar-refractivity contribution in [3.63, 3.8) is 0 Å². The van der Waals surface area contributed by atoms with Crippen molar-refractivity contribution < 1.29 is 0 Å². The molecule has 0 aromatic carbocycles. The van der Waals surface area contributed by atoms with E-state index >= 15 is 0 Å². The summed E-state index contributed by atoms with van der Waals surface area (Å²) in [6.07, 6.45) is 8.49. The first-order valence-electron chi connectivity index (χ1n) is 5.13. The van der Waals surface area contributed by atoms with Crippen LogP contribution in [0.4, 0.5) is 0 Å². The smallest absolute Gasteiger partial charge is 0.00489 e. The molecule has 0 radical (unpaired) electrons. The van der Waals surface area contributed by atoms with Crippen LogP contribution in [-0.2, 0) is 0 Å². The maximum atomic E-state index is 5.57. The molecule has 1 aliphatic rings. The molecule has 1 nitrogen and oxygen atoms in total. The van der Waals surface area contributed by atoms with Crippen LogP contribution in [0.1, 0.15) is 52.4 Å². The number of hydrogen-bond donors (Lipinski definition) is 1. The third-order valence-corrected chi connectivity index (χ3v) is 2.31. The van der Waals surface area contributed by atoms with Crippen molar-refractivity contribution in [2.45, 2.75) is 52.4 Å². The van der Waals surface area contributed by atoms with Crippen molar-refractivity contribution in [1.82, 2.24) is 0 Å². The fourth-order valence-corrected chi connectivity index (χ4v) is 1.60. The van der Waals surface area contributed by atoms with Gasteiger partial charge in [-0.25, -0.2) is 0 Å². The summed E-state index contributed by atoms with van der Waals surface area (Å²) in [5.41, 5.74) is 5.57. The molecule has 0 amide bonds. The molecule has 0 spiro atoms. The SMILES string of the molecule is CC.NCC1CCCCCC1. The summed E-state index contributed by atoms with van der Waals surface area (Å²) in [4.78, 5) is 0. The zero-order chi connectivity index (χ0) is 8.53. The van der Waals surface area contributed by atoms with Crippen molar-refractivity contribution in [2.75, 3.05) is 6.54 Å². The summed E-state index contributed by atoms with van der Waals surface area (Å²) in [5.74, 6) is 0.854. The van der Waals surface area contributed by atoms with Gasteiger partial charge in [0, 0.05) is 0 Å². The standard InChI is InChI=1S/C8H17N.C2H6/c9-7-8-5-3-1-2-4-6-8;1-2/h8H,1-7,9H2;1-2H3. The highest BCUT2D eigenvalue weighted by molar-refractivity contribution is 4.64. The van der Waals surface area contributed by atoms with Crippen molar-refractivity contribution in [3.05, 3.63) is 0 Å². The maximum absolute atomic E-state index is 5.57. The molecule has 0 aromatic rings. The topological polar surface area (TPSA) is 26.0 Å². The summed E-state index contributed by atoms with van der Waals surface area (Å²) in [6.45, 7) is 4.92. The van der Waals surface area contributed by atoms with Gasteiger partial charge in [0.1, 0.15) is 0 Å². The van der Waals surface area contributed by atoms with Crippen LogP contribution < -0.4 is 5.73 Å². The van der Waals surface area contributed by atoms with E-state index in [0.29, 0.717) is 0 Å². The average Bonchev–Trinajstić information content (AvgIpc) is 2.35. The van der Waals surface area contributed by atoms with Gasteiger partial charge >= 0.3 is 0 Å². The van der Waals surface area contributed by atoms with Crippen LogP contribution in [0.15, 0.2) is 0 Å². The summed E-state index contributed by atoms with van der Waals surface area (Å²) in [7, 11) is 0. The third-order valence-electron chi connectivity index (χ3n) is 2.31. The largest absolute Gasteiger partial charge is 0.330 e. The lowest BCUT2D eigenvalue weighted by atomic mass is 10.0. The molecule has 1 aliphatic carbocycles. The van der Waals surface area contributed by atoms with Gasteiger partial charge in [0.25, 0.3) is 0 Å². The monoisotopic (exact) mass is 157 g/mol. The van der Waals surface area contributed by atoms with E-state index in [4.69, 9.17) is 5.73 Å². The van der Waals surface area contributed by atoms with Gasteiger partial charge in [0.05, 0.1) is 0 Å². The molecule has 0 bridgehead atoms. The summed E-state index contributed by atoms with van der Waals surface area (Å²) in [6, 6.07) is 0. The molecule has 0 aliphatic heterocycles.